The molecule has 2 aromatic carbocycles. The van der Waals surface area contributed by atoms with Gasteiger partial charge in [-0.25, -0.2) is 8.78 Å². The van der Waals surface area contributed by atoms with Gasteiger partial charge in [0.25, 0.3) is 5.91 Å². The molecule has 1 spiro atoms. The van der Waals surface area contributed by atoms with E-state index in [0.29, 0.717) is 38.3 Å². The molecule has 1 N–H and O–H groups in total. The number of nitrogens with one attached hydrogen (secondary N) is 1. The highest BCUT2D eigenvalue weighted by atomic mass is 19.1. The van der Waals surface area contributed by atoms with Crippen molar-refractivity contribution in [3.63, 3.8) is 0 Å². The van der Waals surface area contributed by atoms with Crippen LogP contribution in [0.5, 0.6) is 0 Å². The van der Waals surface area contributed by atoms with Crippen LogP contribution in [-0.4, -0.2) is 43.0 Å². The number of amides is 2. The maximum Gasteiger partial charge on any atom is 0.254 e. The Bertz CT molecular complexity index is 893. The van der Waals surface area contributed by atoms with Gasteiger partial charge < -0.3 is 15.0 Å². The van der Waals surface area contributed by atoms with Crippen LogP contribution < -0.4 is 5.32 Å². The highest BCUT2D eigenvalue weighted by molar-refractivity contribution is 5.97. The number of para-hydroxylation sites is 1. The summed E-state index contributed by atoms with van der Waals surface area (Å²) in [6, 6.07) is 11.9. The van der Waals surface area contributed by atoms with Gasteiger partial charge in [0.1, 0.15) is 11.6 Å². The fraction of sp³-hybridized carbons (Fsp3) is 0.364. The first-order valence-electron chi connectivity index (χ1n) is 9.66. The van der Waals surface area contributed by atoms with Gasteiger partial charge in [-0.1, -0.05) is 18.2 Å². The normalized spacial score (nSPS) is 20.6. The standard InChI is InChI=1S/C22H22F2N2O3/c23-16-10-15(11-17(24)12-16)21(28)26-13-19(22(14-26)6-8-29-9-7-22)20(27)25-18-4-2-1-3-5-18/h1-5,10-12,19H,6-9,13-14H2,(H,25,27)/t19-/m1/s1. The fourth-order valence-corrected chi connectivity index (χ4v) is 4.38. The number of hydrogen-bond acceptors (Lipinski definition) is 3. The van der Waals surface area contributed by atoms with Crippen LogP contribution in [0.15, 0.2) is 48.5 Å². The van der Waals surface area contributed by atoms with Gasteiger partial charge in [0.05, 0.1) is 5.92 Å². The average molecular weight is 400 g/mol. The van der Waals surface area contributed by atoms with E-state index in [1.165, 1.54) is 4.90 Å². The Morgan fingerprint density at radius 1 is 1.03 bits per heavy atom. The summed E-state index contributed by atoms with van der Waals surface area (Å²) in [5, 5.41) is 2.94. The van der Waals surface area contributed by atoms with E-state index in [-0.39, 0.29) is 18.0 Å². The quantitative estimate of drug-likeness (QED) is 0.858. The summed E-state index contributed by atoms with van der Waals surface area (Å²) in [7, 11) is 0. The van der Waals surface area contributed by atoms with Crippen molar-refractivity contribution in [2.24, 2.45) is 11.3 Å². The molecule has 2 fully saturated rings. The van der Waals surface area contributed by atoms with E-state index in [1.54, 1.807) is 0 Å². The zero-order valence-corrected chi connectivity index (χ0v) is 15.9. The topological polar surface area (TPSA) is 58.6 Å². The third-order valence-electron chi connectivity index (χ3n) is 5.89. The predicted octanol–water partition coefficient (Wildman–Crippen LogP) is 3.47. The number of carbonyl (C=O) groups excluding carboxylic acids is 2. The number of likely N-dealkylation sites (tertiary alicyclic amines) is 1. The number of carbonyl (C=O) groups is 2. The van der Waals surface area contributed by atoms with Crippen LogP contribution in [0, 0.1) is 23.0 Å². The molecule has 7 heteroatoms. The lowest BCUT2D eigenvalue weighted by molar-refractivity contribution is -0.124. The van der Waals surface area contributed by atoms with Crippen LogP contribution >= 0.6 is 0 Å². The highest BCUT2D eigenvalue weighted by Gasteiger charge is 2.51. The number of hydrogen-bond donors (Lipinski definition) is 1. The van der Waals surface area contributed by atoms with Gasteiger partial charge in [-0.05, 0) is 37.1 Å². The van der Waals surface area contributed by atoms with Gasteiger partial charge >= 0.3 is 0 Å². The van der Waals surface area contributed by atoms with E-state index in [9.17, 15) is 18.4 Å². The average Bonchev–Trinajstić information content (AvgIpc) is 3.06. The summed E-state index contributed by atoms with van der Waals surface area (Å²) in [4.78, 5) is 27.6. The van der Waals surface area contributed by atoms with Crippen LogP contribution in [-0.2, 0) is 9.53 Å². The number of anilines is 1. The summed E-state index contributed by atoms with van der Waals surface area (Å²) in [5.74, 6) is -2.64. The van der Waals surface area contributed by atoms with Crippen molar-refractivity contribution < 1.29 is 23.1 Å². The summed E-state index contributed by atoms with van der Waals surface area (Å²) >= 11 is 0. The smallest absolute Gasteiger partial charge is 0.254 e. The largest absolute Gasteiger partial charge is 0.381 e. The van der Waals surface area contributed by atoms with Crippen molar-refractivity contribution >= 4 is 17.5 Å². The number of nitrogens with zero attached hydrogens (tertiary/aromatic N) is 1. The summed E-state index contributed by atoms with van der Waals surface area (Å²) < 4.78 is 32.6. The first-order chi connectivity index (χ1) is 14.0. The molecule has 2 amide bonds. The molecular weight excluding hydrogens is 378 g/mol. The predicted molar refractivity (Wildman–Crippen MR) is 103 cm³/mol. The Hall–Kier alpha value is -2.80. The molecule has 0 bridgehead atoms. The second-order valence-electron chi connectivity index (χ2n) is 7.73. The second-order valence-corrected chi connectivity index (χ2v) is 7.73. The van der Waals surface area contributed by atoms with Crippen LogP contribution in [0.3, 0.4) is 0 Å². The Kier molecular flexibility index (Phi) is 5.32. The fourth-order valence-electron chi connectivity index (χ4n) is 4.38. The van der Waals surface area contributed by atoms with Gasteiger partial charge in [-0.2, -0.15) is 0 Å². The molecule has 4 rings (SSSR count). The SMILES string of the molecule is O=C(Nc1ccccc1)[C@H]1CN(C(=O)c2cc(F)cc(F)c2)CC12CCOCC2. The molecule has 1 atom stereocenters. The maximum absolute atomic E-state index is 13.6. The zero-order valence-electron chi connectivity index (χ0n) is 15.9. The third kappa shape index (κ3) is 4.00. The molecule has 2 heterocycles. The zero-order chi connectivity index (χ0) is 20.4. The Labute approximate surface area is 167 Å². The molecule has 152 valence electrons. The molecular formula is C22H22F2N2O3. The summed E-state index contributed by atoms with van der Waals surface area (Å²) in [6.45, 7) is 1.60. The van der Waals surface area contributed by atoms with Crippen molar-refractivity contribution in [1.29, 1.82) is 0 Å². The molecule has 2 aromatic rings. The molecule has 0 radical (unpaired) electrons. The Balaban J connectivity index is 1.58. The van der Waals surface area contributed by atoms with Crippen molar-refractivity contribution in [2.75, 3.05) is 31.6 Å². The monoisotopic (exact) mass is 400 g/mol. The first kappa shape index (κ1) is 19.5. The van der Waals surface area contributed by atoms with E-state index < -0.39 is 28.9 Å². The molecule has 29 heavy (non-hydrogen) atoms. The van der Waals surface area contributed by atoms with Gasteiger partial charge in [0.15, 0.2) is 0 Å². The van der Waals surface area contributed by atoms with E-state index >= 15 is 0 Å². The molecule has 5 nitrogen and oxygen atoms in total. The minimum Gasteiger partial charge on any atom is -0.381 e. The van der Waals surface area contributed by atoms with Crippen LogP contribution in [0.25, 0.3) is 0 Å². The van der Waals surface area contributed by atoms with E-state index in [1.807, 2.05) is 30.3 Å². The number of benzene rings is 2. The van der Waals surface area contributed by atoms with E-state index in [2.05, 4.69) is 5.32 Å². The molecule has 0 saturated carbocycles. The van der Waals surface area contributed by atoms with Gasteiger partial charge in [-0.15, -0.1) is 0 Å². The van der Waals surface area contributed by atoms with E-state index in [4.69, 9.17) is 4.74 Å². The maximum atomic E-state index is 13.6. The van der Waals surface area contributed by atoms with Crippen molar-refractivity contribution in [2.45, 2.75) is 12.8 Å². The Morgan fingerprint density at radius 2 is 1.69 bits per heavy atom. The number of halogens is 2. The Morgan fingerprint density at radius 3 is 2.34 bits per heavy atom. The van der Waals surface area contributed by atoms with Crippen molar-refractivity contribution in [1.82, 2.24) is 4.90 Å². The molecule has 0 unspecified atom stereocenters. The lowest BCUT2D eigenvalue weighted by atomic mass is 9.71. The third-order valence-corrected chi connectivity index (χ3v) is 5.89. The first-order valence-corrected chi connectivity index (χ1v) is 9.66. The summed E-state index contributed by atoms with van der Waals surface area (Å²) in [5.41, 5.74) is 0.240. The van der Waals surface area contributed by atoms with Crippen LogP contribution in [0.4, 0.5) is 14.5 Å². The van der Waals surface area contributed by atoms with Crippen LogP contribution in [0.2, 0.25) is 0 Å². The molecule has 2 aliphatic rings. The molecule has 0 aliphatic carbocycles. The lowest BCUT2D eigenvalue weighted by Crippen LogP contribution is -2.42. The minimum atomic E-state index is -0.799. The van der Waals surface area contributed by atoms with Crippen molar-refractivity contribution in [3.05, 3.63) is 65.7 Å². The summed E-state index contributed by atoms with van der Waals surface area (Å²) in [6.07, 6.45) is 1.31. The van der Waals surface area contributed by atoms with E-state index in [0.717, 1.165) is 18.2 Å². The molecule has 2 saturated heterocycles. The van der Waals surface area contributed by atoms with Crippen LogP contribution in [0.1, 0.15) is 23.2 Å². The second kappa shape index (κ2) is 7.91. The van der Waals surface area contributed by atoms with Gasteiger partial charge in [-0.3, -0.25) is 9.59 Å². The number of ether oxygens (including phenoxy) is 1. The minimum absolute atomic E-state index is 0.0474. The molecule has 0 aromatic heterocycles. The van der Waals surface area contributed by atoms with Gasteiger partial charge in [0.2, 0.25) is 5.91 Å². The number of rotatable bonds is 3. The van der Waals surface area contributed by atoms with Crippen molar-refractivity contribution in [3.8, 4) is 0 Å². The molecule has 2 aliphatic heterocycles. The lowest BCUT2D eigenvalue weighted by Gasteiger charge is -2.37. The highest BCUT2D eigenvalue weighted by Crippen LogP contribution is 2.45. The van der Waals surface area contributed by atoms with Gasteiger partial charge in [0, 0.05) is 49.0 Å².